The lowest BCUT2D eigenvalue weighted by Gasteiger charge is -2.21. The van der Waals surface area contributed by atoms with E-state index in [0.29, 0.717) is 27.7 Å². The van der Waals surface area contributed by atoms with E-state index < -0.39 is 17.8 Å². The summed E-state index contributed by atoms with van der Waals surface area (Å²) in [6.07, 6.45) is 1.86. The SMILES string of the molecule is Cc1nc2c(OCc3c(Cl)ccc(N(C)C(=O)CNC(=O)Nc4cccc(F)c4)c3Cl)cccn2c1Br.Cl. The van der Waals surface area contributed by atoms with Gasteiger partial charge < -0.3 is 20.3 Å². The Labute approximate surface area is 242 Å². The second-order valence-electron chi connectivity index (χ2n) is 7.97. The van der Waals surface area contributed by atoms with Crippen molar-refractivity contribution in [1.29, 1.82) is 0 Å². The molecule has 13 heteroatoms. The van der Waals surface area contributed by atoms with E-state index in [1.807, 2.05) is 23.6 Å². The molecule has 200 valence electrons. The highest BCUT2D eigenvalue weighted by Gasteiger charge is 2.20. The number of imidazole rings is 1. The molecule has 38 heavy (non-hydrogen) atoms. The van der Waals surface area contributed by atoms with Crippen LogP contribution in [0.1, 0.15) is 11.3 Å². The van der Waals surface area contributed by atoms with Crippen LogP contribution in [0.5, 0.6) is 5.75 Å². The maximum Gasteiger partial charge on any atom is 0.319 e. The fraction of sp³-hybridized carbons (Fsp3) is 0.160. The number of likely N-dealkylation sites (N-methyl/N-ethyl adjacent to an activating group) is 1. The molecule has 0 saturated heterocycles. The van der Waals surface area contributed by atoms with Gasteiger partial charge in [0.15, 0.2) is 11.4 Å². The third-order valence-electron chi connectivity index (χ3n) is 5.47. The van der Waals surface area contributed by atoms with Gasteiger partial charge in [-0.15, -0.1) is 12.4 Å². The van der Waals surface area contributed by atoms with Crippen molar-refractivity contribution in [2.75, 3.05) is 23.8 Å². The molecule has 2 heterocycles. The highest BCUT2D eigenvalue weighted by atomic mass is 79.9. The van der Waals surface area contributed by atoms with Crippen molar-refractivity contribution in [2.45, 2.75) is 13.5 Å². The van der Waals surface area contributed by atoms with Gasteiger partial charge in [-0.1, -0.05) is 29.3 Å². The Hall–Kier alpha value is -3.05. The molecule has 0 radical (unpaired) electrons. The second-order valence-corrected chi connectivity index (χ2v) is 9.51. The average molecular weight is 646 g/mol. The van der Waals surface area contributed by atoms with E-state index in [4.69, 9.17) is 27.9 Å². The number of hydrogen-bond donors (Lipinski definition) is 2. The fourth-order valence-electron chi connectivity index (χ4n) is 3.52. The van der Waals surface area contributed by atoms with Crippen LogP contribution in [0.25, 0.3) is 5.65 Å². The number of anilines is 2. The number of carbonyl (C=O) groups is 2. The summed E-state index contributed by atoms with van der Waals surface area (Å²) in [7, 11) is 1.53. The number of ether oxygens (including phenoxy) is 1. The molecule has 0 aliphatic heterocycles. The Morgan fingerprint density at radius 2 is 1.95 bits per heavy atom. The number of fused-ring (bicyclic) bond motifs is 1. The number of amides is 3. The van der Waals surface area contributed by atoms with Gasteiger partial charge in [0, 0.05) is 29.5 Å². The minimum atomic E-state index is -0.654. The van der Waals surface area contributed by atoms with Gasteiger partial charge in [0.2, 0.25) is 5.91 Å². The van der Waals surface area contributed by atoms with Gasteiger partial charge in [0.25, 0.3) is 0 Å². The van der Waals surface area contributed by atoms with Gasteiger partial charge in [-0.3, -0.25) is 9.20 Å². The van der Waals surface area contributed by atoms with E-state index in [-0.39, 0.29) is 36.3 Å². The van der Waals surface area contributed by atoms with Crippen LogP contribution in [0.15, 0.2) is 59.3 Å². The van der Waals surface area contributed by atoms with Crippen molar-refractivity contribution in [3.63, 3.8) is 0 Å². The summed E-state index contributed by atoms with van der Waals surface area (Å²) in [4.78, 5) is 30.7. The van der Waals surface area contributed by atoms with E-state index in [2.05, 4.69) is 31.5 Å². The van der Waals surface area contributed by atoms with Crippen molar-refractivity contribution in [2.24, 2.45) is 0 Å². The summed E-state index contributed by atoms with van der Waals surface area (Å²) in [5, 5.41) is 5.52. The Balaban J connectivity index is 0.00000400. The van der Waals surface area contributed by atoms with Gasteiger partial charge in [0.05, 0.1) is 22.9 Å². The number of nitrogens with zero attached hydrogens (tertiary/aromatic N) is 3. The molecule has 2 N–H and O–H groups in total. The van der Waals surface area contributed by atoms with Crippen LogP contribution >= 0.6 is 51.5 Å². The first kappa shape index (κ1) is 29.5. The number of nitrogens with one attached hydrogen (secondary N) is 2. The first-order valence-electron chi connectivity index (χ1n) is 11.0. The maximum absolute atomic E-state index is 13.3. The highest BCUT2D eigenvalue weighted by molar-refractivity contribution is 9.10. The molecule has 0 saturated carbocycles. The van der Waals surface area contributed by atoms with Gasteiger partial charge in [-0.05, 0) is 65.3 Å². The van der Waals surface area contributed by atoms with Crippen LogP contribution in [0, 0.1) is 12.7 Å². The largest absolute Gasteiger partial charge is 0.485 e. The molecule has 0 fully saturated rings. The Morgan fingerprint density at radius 1 is 1.18 bits per heavy atom. The normalized spacial score (nSPS) is 10.6. The Bertz CT molecular complexity index is 1500. The molecule has 0 unspecified atom stereocenters. The Kier molecular flexibility index (Phi) is 9.83. The van der Waals surface area contributed by atoms with Crippen molar-refractivity contribution in [1.82, 2.24) is 14.7 Å². The number of rotatable bonds is 7. The predicted octanol–water partition coefficient (Wildman–Crippen LogP) is 6.64. The van der Waals surface area contributed by atoms with Crippen LogP contribution < -0.4 is 20.3 Å². The van der Waals surface area contributed by atoms with Crippen molar-refractivity contribution in [3.05, 3.63) is 86.5 Å². The summed E-state index contributed by atoms with van der Waals surface area (Å²) >= 11 is 16.5. The summed E-state index contributed by atoms with van der Waals surface area (Å²) < 4.78 is 22.0. The smallest absolute Gasteiger partial charge is 0.319 e. The predicted molar refractivity (Wildman–Crippen MR) is 153 cm³/mol. The molecule has 0 atom stereocenters. The number of aromatic nitrogens is 2. The van der Waals surface area contributed by atoms with Gasteiger partial charge in [-0.25, -0.2) is 14.2 Å². The molecule has 0 aliphatic rings. The van der Waals surface area contributed by atoms with Crippen LogP contribution in [0.3, 0.4) is 0 Å². The van der Waals surface area contributed by atoms with Gasteiger partial charge in [0.1, 0.15) is 17.0 Å². The maximum atomic E-state index is 13.3. The first-order valence-corrected chi connectivity index (χ1v) is 12.5. The summed E-state index contributed by atoms with van der Waals surface area (Å²) in [5.74, 6) is -0.394. The van der Waals surface area contributed by atoms with Crippen LogP contribution in [0.2, 0.25) is 10.0 Å². The summed E-state index contributed by atoms with van der Waals surface area (Å²) in [6.45, 7) is 1.59. The zero-order valence-corrected chi connectivity index (χ0v) is 24.0. The quantitative estimate of drug-likeness (QED) is 0.236. The van der Waals surface area contributed by atoms with Crippen LogP contribution in [-0.4, -0.2) is 34.9 Å². The van der Waals surface area contributed by atoms with E-state index in [0.717, 1.165) is 16.4 Å². The summed E-state index contributed by atoms with van der Waals surface area (Å²) in [6, 6.07) is 11.6. The number of pyridine rings is 1. The zero-order chi connectivity index (χ0) is 26.7. The van der Waals surface area contributed by atoms with Crippen molar-refractivity contribution < 1.29 is 18.7 Å². The molecule has 0 bridgehead atoms. The van der Waals surface area contributed by atoms with Gasteiger partial charge in [-0.2, -0.15) is 0 Å². The molecule has 2 aromatic carbocycles. The van der Waals surface area contributed by atoms with Crippen LogP contribution in [-0.2, 0) is 11.4 Å². The monoisotopic (exact) mass is 643 g/mol. The Morgan fingerprint density at radius 3 is 2.68 bits per heavy atom. The molecule has 4 aromatic rings. The second kappa shape index (κ2) is 12.7. The van der Waals surface area contributed by atoms with E-state index >= 15 is 0 Å². The fourth-order valence-corrected chi connectivity index (χ4v) is 4.50. The topological polar surface area (TPSA) is 88.0 Å². The van der Waals surface area contributed by atoms with Gasteiger partial charge >= 0.3 is 6.03 Å². The van der Waals surface area contributed by atoms with Crippen LogP contribution in [0.4, 0.5) is 20.6 Å². The van der Waals surface area contributed by atoms with E-state index in [1.54, 1.807) is 18.2 Å². The van der Waals surface area contributed by atoms with E-state index in [1.165, 1.54) is 30.1 Å². The highest BCUT2D eigenvalue weighted by Crippen LogP contribution is 2.35. The average Bonchev–Trinajstić information content (AvgIpc) is 3.16. The molecule has 0 aliphatic carbocycles. The molecule has 0 spiro atoms. The first-order chi connectivity index (χ1) is 17.7. The minimum Gasteiger partial charge on any atom is -0.485 e. The summed E-state index contributed by atoms with van der Waals surface area (Å²) in [5.41, 5.74) is 2.58. The number of aryl methyl sites for hydroxylation is 1. The third kappa shape index (κ3) is 6.50. The zero-order valence-electron chi connectivity index (χ0n) is 20.1. The standard InChI is InChI=1S/C25H21BrCl2FN5O3.ClH/c1-14-23(26)34-10-4-7-20(24(34)31-14)37-13-17-18(27)8-9-19(22(17)28)33(2)21(35)12-30-25(36)32-16-6-3-5-15(29)11-16;/h3-11H,12-13H2,1-2H3,(H2,30,32,36);1H. The molecule has 3 amide bonds. The molecule has 4 rings (SSSR count). The van der Waals surface area contributed by atoms with E-state index in [9.17, 15) is 14.0 Å². The molecular formula is C25H22BrCl3FN5O3. The number of halogens is 5. The molecule has 8 nitrogen and oxygen atoms in total. The molecule has 2 aromatic heterocycles. The lowest BCUT2D eigenvalue weighted by molar-refractivity contribution is -0.117. The molecular weight excluding hydrogens is 624 g/mol. The van der Waals surface area contributed by atoms with Crippen molar-refractivity contribution >= 4 is 80.5 Å². The lowest BCUT2D eigenvalue weighted by Crippen LogP contribution is -2.40. The third-order valence-corrected chi connectivity index (χ3v) is 7.20. The lowest BCUT2D eigenvalue weighted by atomic mass is 10.2. The number of carbonyl (C=O) groups excluding carboxylic acids is 2. The number of urea groups is 1. The minimum absolute atomic E-state index is 0. The number of hydrogen-bond acceptors (Lipinski definition) is 4. The van der Waals surface area contributed by atoms with Crippen molar-refractivity contribution in [3.8, 4) is 5.75 Å². The number of benzene rings is 2.